The van der Waals surface area contributed by atoms with E-state index in [4.69, 9.17) is 4.74 Å². The standard InChI is InChI=1S/C19H36N2O2/c1-8-21(16(22)23-17(2,3)4)12-11-20-15-13-14-9-10-19(15,7)18(14,5)6/h14-15,20H,8-13H2,1-7H3. The van der Waals surface area contributed by atoms with E-state index in [-0.39, 0.29) is 6.09 Å². The predicted octanol–water partition coefficient (Wildman–Crippen LogP) is 4.05. The molecule has 2 rings (SSSR count). The lowest BCUT2D eigenvalue weighted by Crippen LogP contribution is -2.47. The van der Waals surface area contributed by atoms with Crippen LogP contribution in [0.2, 0.25) is 0 Å². The summed E-state index contributed by atoms with van der Waals surface area (Å²) < 4.78 is 5.47. The molecule has 0 aromatic heterocycles. The average molecular weight is 325 g/mol. The van der Waals surface area contributed by atoms with E-state index in [1.165, 1.54) is 19.3 Å². The first-order chi connectivity index (χ1) is 10.5. The highest BCUT2D eigenvalue weighted by atomic mass is 16.6. The fourth-order valence-corrected chi connectivity index (χ4v) is 4.59. The van der Waals surface area contributed by atoms with Gasteiger partial charge in [0.05, 0.1) is 0 Å². The molecule has 3 atom stereocenters. The molecule has 0 spiro atoms. The molecular formula is C19H36N2O2. The molecule has 2 saturated carbocycles. The fourth-order valence-electron chi connectivity index (χ4n) is 4.59. The number of hydrogen-bond donors (Lipinski definition) is 1. The van der Waals surface area contributed by atoms with Gasteiger partial charge in [-0.25, -0.2) is 4.79 Å². The molecular weight excluding hydrogens is 288 g/mol. The van der Waals surface area contributed by atoms with E-state index in [1.807, 2.05) is 27.7 Å². The smallest absolute Gasteiger partial charge is 0.410 e. The highest BCUT2D eigenvalue weighted by Crippen LogP contribution is 2.65. The first-order valence-electron chi connectivity index (χ1n) is 9.22. The fraction of sp³-hybridized carbons (Fsp3) is 0.947. The first-order valence-corrected chi connectivity index (χ1v) is 9.22. The molecule has 1 N–H and O–H groups in total. The molecule has 2 aliphatic rings. The molecule has 2 fully saturated rings. The summed E-state index contributed by atoms with van der Waals surface area (Å²) in [5.41, 5.74) is 0.390. The molecule has 0 aromatic carbocycles. The molecule has 4 nitrogen and oxygen atoms in total. The Morgan fingerprint density at radius 2 is 1.96 bits per heavy atom. The van der Waals surface area contributed by atoms with Crippen molar-refractivity contribution >= 4 is 6.09 Å². The lowest BCUT2D eigenvalue weighted by Gasteiger charge is -2.40. The van der Waals surface area contributed by atoms with Crippen LogP contribution < -0.4 is 5.32 Å². The van der Waals surface area contributed by atoms with E-state index in [9.17, 15) is 4.79 Å². The third-order valence-corrected chi connectivity index (χ3v) is 6.60. The van der Waals surface area contributed by atoms with E-state index in [2.05, 4.69) is 26.1 Å². The predicted molar refractivity (Wildman–Crippen MR) is 94.5 cm³/mol. The van der Waals surface area contributed by atoms with Crippen LogP contribution in [0.15, 0.2) is 0 Å². The van der Waals surface area contributed by atoms with Gasteiger partial charge < -0.3 is 15.0 Å². The number of ether oxygens (including phenoxy) is 1. The topological polar surface area (TPSA) is 41.6 Å². The van der Waals surface area contributed by atoms with E-state index in [0.717, 1.165) is 12.5 Å². The van der Waals surface area contributed by atoms with Crippen LogP contribution in [0.4, 0.5) is 4.79 Å². The number of carbonyl (C=O) groups is 1. The van der Waals surface area contributed by atoms with Crippen LogP contribution in [-0.4, -0.2) is 42.3 Å². The zero-order chi connectivity index (χ0) is 17.5. The van der Waals surface area contributed by atoms with E-state index in [1.54, 1.807) is 4.90 Å². The minimum Gasteiger partial charge on any atom is -0.444 e. The Bertz CT molecular complexity index is 441. The zero-order valence-corrected chi connectivity index (χ0v) is 16.2. The van der Waals surface area contributed by atoms with Crippen molar-refractivity contribution in [2.45, 2.75) is 79.4 Å². The lowest BCUT2D eigenvalue weighted by atomic mass is 9.69. The Morgan fingerprint density at radius 3 is 2.39 bits per heavy atom. The average Bonchev–Trinajstić information content (AvgIpc) is 2.74. The monoisotopic (exact) mass is 324 g/mol. The van der Waals surface area contributed by atoms with Gasteiger partial charge in [-0.1, -0.05) is 20.8 Å². The quantitative estimate of drug-likeness (QED) is 0.829. The first kappa shape index (κ1) is 18.6. The molecule has 134 valence electrons. The van der Waals surface area contributed by atoms with Crippen LogP contribution in [0, 0.1) is 16.7 Å². The van der Waals surface area contributed by atoms with E-state index in [0.29, 0.717) is 30.0 Å². The Kier molecular flexibility index (Phi) is 5.06. The minimum atomic E-state index is -0.431. The van der Waals surface area contributed by atoms with Crippen molar-refractivity contribution in [3.63, 3.8) is 0 Å². The molecule has 0 aromatic rings. The van der Waals surface area contributed by atoms with E-state index >= 15 is 0 Å². The summed E-state index contributed by atoms with van der Waals surface area (Å²) in [6, 6.07) is 0.577. The Labute approximate surface area is 142 Å². The minimum absolute atomic E-state index is 0.207. The van der Waals surface area contributed by atoms with Crippen LogP contribution in [0.25, 0.3) is 0 Å². The SMILES string of the molecule is CCN(CCNC1CC2CCC1(C)C2(C)C)C(=O)OC(C)(C)C. The molecule has 0 radical (unpaired) electrons. The second kappa shape index (κ2) is 6.27. The number of fused-ring (bicyclic) bond motifs is 2. The summed E-state index contributed by atoms with van der Waals surface area (Å²) in [5.74, 6) is 0.845. The van der Waals surface area contributed by atoms with Gasteiger partial charge in [-0.3, -0.25) is 0 Å². The van der Waals surface area contributed by atoms with Crippen molar-refractivity contribution in [2.24, 2.45) is 16.7 Å². The van der Waals surface area contributed by atoms with E-state index < -0.39 is 5.60 Å². The third kappa shape index (κ3) is 3.52. The van der Waals surface area contributed by atoms with Crippen LogP contribution in [0.3, 0.4) is 0 Å². The number of hydrogen-bond acceptors (Lipinski definition) is 3. The number of likely N-dealkylation sites (N-methyl/N-ethyl adjacent to an activating group) is 1. The second-order valence-corrected chi connectivity index (χ2v) is 9.18. The molecule has 2 bridgehead atoms. The number of rotatable bonds is 5. The number of amides is 1. The summed E-state index contributed by atoms with van der Waals surface area (Å²) in [7, 11) is 0. The maximum atomic E-state index is 12.2. The molecule has 0 heterocycles. The zero-order valence-electron chi connectivity index (χ0n) is 16.2. The van der Waals surface area contributed by atoms with Gasteiger partial charge in [0.25, 0.3) is 0 Å². The van der Waals surface area contributed by atoms with Crippen LogP contribution in [0.5, 0.6) is 0 Å². The number of carbonyl (C=O) groups excluding carboxylic acids is 1. The van der Waals surface area contributed by atoms with Gasteiger partial charge in [-0.2, -0.15) is 0 Å². The molecule has 3 unspecified atom stereocenters. The normalized spacial score (nSPS) is 32.1. The Balaban J connectivity index is 1.84. The van der Waals surface area contributed by atoms with Crippen molar-refractivity contribution in [2.75, 3.05) is 19.6 Å². The summed E-state index contributed by atoms with van der Waals surface area (Å²) in [6.07, 6.45) is 3.77. The van der Waals surface area contributed by atoms with Gasteiger partial charge in [-0.05, 0) is 63.7 Å². The molecule has 0 saturated heterocycles. The second-order valence-electron chi connectivity index (χ2n) is 9.18. The van der Waals surface area contributed by atoms with Crippen molar-refractivity contribution in [1.82, 2.24) is 10.2 Å². The molecule has 4 heteroatoms. The van der Waals surface area contributed by atoms with Gasteiger partial charge in [0.1, 0.15) is 5.60 Å². The van der Waals surface area contributed by atoms with Gasteiger partial charge in [-0.15, -0.1) is 0 Å². The molecule has 1 amide bonds. The highest BCUT2D eigenvalue weighted by molar-refractivity contribution is 5.68. The van der Waals surface area contributed by atoms with Crippen LogP contribution >= 0.6 is 0 Å². The molecule has 2 aliphatic carbocycles. The third-order valence-electron chi connectivity index (χ3n) is 6.60. The van der Waals surface area contributed by atoms with Gasteiger partial charge in [0.2, 0.25) is 0 Å². The maximum Gasteiger partial charge on any atom is 0.410 e. The number of nitrogens with one attached hydrogen (secondary N) is 1. The lowest BCUT2D eigenvalue weighted by molar-refractivity contribution is 0.0256. The Hall–Kier alpha value is -0.770. The van der Waals surface area contributed by atoms with Gasteiger partial charge >= 0.3 is 6.09 Å². The van der Waals surface area contributed by atoms with Gasteiger partial charge in [0.15, 0.2) is 0 Å². The maximum absolute atomic E-state index is 12.2. The Morgan fingerprint density at radius 1 is 1.30 bits per heavy atom. The van der Waals surface area contributed by atoms with Crippen LogP contribution in [-0.2, 0) is 4.74 Å². The van der Waals surface area contributed by atoms with Crippen molar-refractivity contribution in [1.29, 1.82) is 0 Å². The highest BCUT2D eigenvalue weighted by Gasteiger charge is 2.60. The number of nitrogens with zero attached hydrogens (tertiary/aromatic N) is 1. The summed E-state index contributed by atoms with van der Waals surface area (Å²) in [4.78, 5) is 14.0. The summed E-state index contributed by atoms with van der Waals surface area (Å²) >= 11 is 0. The summed E-state index contributed by atoms with van der Waals surface area (Å²) in [5, 5.41) is 3.74. The molecule has 0 aliphatic heterocycles. The largest absolute Gasteiger partial charge is 0.444 e. The van der Waals surface area contributed by atoms with Crippen molar-refractivity contribution in [3.8, 4) is 0 Å². The summed E-state index contributed by atoms with van der Waals surface area (Å²) in [6.45, 7) is 17.3. The van der Waals surface area contributed by atoms with Crippen LogP contribution in [0.1, 0.15) is 67.7 Å². The van der Waals surface area contributed by atoms with Crippen molar-refractivity contribution < 1.29 is 9.53 Å². The molecule has 23 heavy (non-hydrogen) atoms. The van der Waals surface area contributed by atoms with Gasteiger partial charge in [0, 0.05) is 25.7 Å². The van der Waals surface area contributed by atoms with Crippen molar-refractivity contribution in [3.05, 3.63) is 0 Å².